The van der Waals surface area contributed by atoms with E-state index in [4.69, 9.17) is 33.2 Å². The maximum absolute atomic E-state index is 7.47. The van der Waals surface area contributed by atoms with E-state index in [1.807, 2.05) is 97.1 Å². The predicted octanol–water partition coefficient (Wildman–Crippen LogP) is 11.9. The molecule has 336 valence electrons. The van der Waals surface area contributed by atoms with Crippen molar-refractivity contribution in [3.8, 4) is 11.5 Å². The van der Waals surface area contributed by atoms with Crippen molar-refractivity contribution in [1.82, 2.24) is 0 Å². The molecule has 0 radical (unpaired) electrons. The quantitative estimate of drug-likeness (QED) is 0.0628. The molecule has 0 unspecified atom stereocenters. The minimum Gasteiger partial charge on any atom is -0.489 e. The lowest BCUT2D eigenvalue weighted by atomic mass is 9.85. The number of hydrogen-bond donors (Lipinski definition) is 0. The van der Waals surface area contributed by atoms with Gasteiger partial charge in [0.25, 0.3) is 0 Å². The largest absolute Gasteiger partial charge is 0.489 e. The van der Waals surface area contributed by atoms with E-state index in [1.54, 1.807) is 6.08 Å². The zero-order valence-corrected chi connectivity index (χ0v) is 37.4. The van der Waals surface area contributed by atoms with Crippen LogP contribution in [-0.4, -0.2) is 37.6 Å². The van der Waals surface area contributed by atoms with E-state index in [2.05, 4.69) is 91.5 Å². The van der Waals surface area contributed by atoms with Gasteiger partial charge in [0.15, 0.2) is 0 Å². The fourth-order valence-electron chi connectivity index (χ4n) is 8.75. The van der Waals surface area contributed by atoms with Crippen LogP contribution >= 0.6 is 0 Å². The van der Waals surface area contributed by atoms with Crippen LogP contribution in [0, 0.1) is 0 Å². The Morgan fingerprint density at radius 3 is 1.52 bits per heavy atom. The first-order valence-electron chi connectivity index (χ1n) is 23.1. The lowest BCUT2D eigenvalue weighted by Crippen LogP contribution is -2.58. The van der Waals surface area contributed by atoms with E-state index >= 15 is 0 Å². The van der Waals surface area contributed by atoms with Crippen molar-refractivity contribution < 1.29 is 33.2 Å². The van der Waals surface area contributed by atoms with Crippen LogP contribution in [0.4, 0.5) is 0 Å². The molecule has 7 aromatic rings. The van der Waals surface area contributed by atoms with E-state index in [0.29, 0.717) is 51.8 Å². The minimum atomic E-state index is -0.689. The summed E-state index contributed by atoms with van der Waals surface area (Å²) >= 11 is 0. The highest BCUT2D eigenvalue weighted by molar-refractivity contribution is 5.51. The predicted molar refractivity (Wildman–Crippen MR) is 258 cm³/mol. The van der Waals surface area contributed by atoms with Crippen molar-refractivity contribution in [2.45, 2.75) is 82.8 Å². The zero-order chi connectivity index (χ0) is 44.8. The molecule has 0 amide bonds. The molecule has 0 N–H and O–H groups in total. The van der Waals surface area contributed by atoms with Crippen molar-refractivity contribution in [1.29, 1.82) is 0 Å². The smallest absolute Gasteiger partial charge is 0.129 e. The fourth-order valence-corrected chi connectivity index (χ4v) is 8.75. The number of fused-ring (bicyclic) bond motifs is 1. The Labute approximate surface area is 389 Å². The lowest BCUT2D eigenvalue weighted by molar-refractivity contribution is -0.275. The first kappa shape index (κ1) is 44.9. The molecular formula is C59H58O7. The van der Waals surface area contributed by atoms with Gasteiger partial charge < -0.3 is 33.2 Å². The summed E-state index contributed by atoms with van der Waals surface area (Å²) in [7, 11) is 0. The van der Waals surface area contributed by atoms with Gasteiger partial charge in [-0.15, -0.1) is 0 Å². The summed E-state index contributed by atoms with van der Waals surface area (Å²) in [6.45, 7) is 6.30. The second-order valence-electron chi connectivity index (χ2n) is 17.0. The Bertz CT molecular complexity index is 2570. The third-order valence-electron chi connectivity index (χ3n) is 12.3. The van der Waals surface area contributed by atoms with Crippen molar-refractivity contribution in [2.75, 3.05) is 13.2 Å². The number of benzene rings is 7. The maximum Gasteiger partial charge on any atom is 0.129 e. The highest BCUT2D eigenvalue weighted by Gasteiger charge is 2.50. The molecule has 5 atom stereocenters. The molecule has 0 aromatic heterocycles. The Hall–Kier alpha value is -6.32. The van der Waals surface area contributed by atoms with Gasteiger partial charge in [-0.1, -0.05) is 183 Å². The summed E-state index contributed by atoms with van der Waals surface area (Å²) in [4.78, 5) is 0. The van der Waals surface area contributed by atoms with Crippen molar-refractivity contribution in [2.24, 2.45) is 0 Å². The molecule has 7 nitrogen and oxygen atoms in total. The minimum absolute atomic E-state index is 0.240. The Balaban J connectivity index is 1.16. The van der Waals surface area contributed by atoms with Gasteiger partial charge in [-0.05, 0) is 69.0 Å². The summed E-state index contributed by atoms with van der Waals surface area (Å²) in [6.07, 6.45) is 1.52. The van der Waals surface area contributed by atoms with Crippen LogP contribution in [0.25, 0.3) is 0 Å². The summed E-state index contributed by atoms with van der Waals surface area (Å²) in [5, 5.41) is 0. The summed E-state index contributed by atoms with van der Waals surface area (Å²) in [5.74, 6) is 1.36. The standard InChI is InChI=1S/C59H58O7/c1-2-32-61-53-36-54(62-38-44-20-10-4-11-21-44)52(35-51(53)34-48-28-29-49-30-31-50(49)33-48)56-58(64-40-46-24-14-6-15-25-46)59(65-41-47-26-16-7-17-27-47)57(63-39-45-22-12-5-13-23-45)55(66-56)42-60-37-43-18-8-3-9-19-43/h2-29,33,35-36,55-59H,1,30-32,34,37-42H2/t55-,56+,57-,58+,59+/m1/s1. The van der Waals surface area contributed by atoms with Gasteiger partial charge in [0.2, 0.25) is 0 Å². The van der Waals surface area contributed by atoms with Crippen molar-refractivity contribution in [3.63, 3.8) is 0 Å². The molecule has 7 heteroatoms. The van der Waals surface area contributed by atoms with Crippen molar-refractivity contribution >= 4 is 0 Å². The first-order valence-corrected chi connectivity index (χ1v) is 23.1. The molecule has 1 saturated heterocycles. The second-order valence-corrected chi connectivity index (χ2v) is 17.0. The summed E-state index contributed by atoms with van der Waals surface area (Å²) < 4.78 is 48.7. The molecule has 9 rings (SSSR count). The highest BCUT2D eigenvalue weighted by atomic mass is 16.6. The molecule has 1 fully saturated rings. The van der Waals surface area contributed by atoms with Gasteiger partial charge >= 0.3 is 0 Å². The van der Waals surface area contributed by atoms with Gasteiger partial charge in [0.1, 0.15) is 55.2 Å². The van der Waals surface area contributed by atoms with Crippen molar-refractivity contribution in [3.05, 3.63) is 250 Å². The van der Waals surface area contributed by atoms with Crippen LogP contribution in [0.2, 0.25) is 0 Å². The van der Waals surface area contributed by atoms with Gasteiger partial charge in [-0.2, -0.15) is 0 Å². The molecule has 66 heavy (non-hydrogen) atoms. The number of aryl methyl sites for hydroxylation is 2. The number of rotatable bonds is 22. The van der Waals surface area contributed by atoms with Crippen LogP contribution in [0.5, 0.6) is 11.5 Å². The fraction of sp³-hybridized carbons (Fsp3) is 0.254. The number of hydrogen-bond acceptors (Lipinski definition) is 7. The van der Waals surface area contributed by atoms with E-state index in [9.17, 15) is 0 Å². The van der Waals surface area contributed by atoms with Crippen LogP contribution in [0.15, 0.2) is 195 Å². The van der Waals surface area contributed by atoms with Gasteiger partial charge in [0, 0.05) is 18.1 Å². The molecule has 1 aliphatic heterocycles. The van der Waals surface area contributed by atoms with E-state index < -0.39 is 30.5 Å². The van der Waals surface area contributed by atoms with Crippen LogP contribution in [-0.2, 0) is 76.0 Å². The molecule has 0 spiro atoms. The molecule has 2 aliphatic rings. The van der Waals surface area contributed by atoms with Gasteiger partial charge in [-0.3, -0.25) is 0 Å². The maximum atomic E-state index is 7.47. The number of ether oxygens (including phenoxy) is 7. The van der Waals surface area contributed by atoms with E-state index in [0.717, 1.165) is 57.5 Å². The summed E-state index contributed by atoms with van der Waals surface area (Å²) in [6, 6.07) is 62.2. The summed E-state index contributed by atoms with van der Waals surface area (Å²) in [5.41, 5.74) is 11.1. The van der Waals surface area contributed by atoms with Crippen LogP contribution < -0.4 is 9.47 Å². The van der Waals surface area contributed by atoms with E-state index in [1.165, 1.54) is 16.7 Å². The first-order chi connectivity index (χ1) is 32.7. The SMILES string of the molecule is C=CCOc1cc(OCc2ccccc2)c([C@@H]2O[C@H](COCc3ccccc3)[C@@H](OCc3ccccc3)[C@H](OCc3ccccc3)[C@H]2OCc2ccccc2)cc1Cc1ccc2c(c1)CC2. The monoisotopic (exact) mass is 878 g/mol. The zero-order valence-electron chi connectivity index (χ0n) is 37.4. The van der Waals surface area contributed by atoms with Crippen LogP contribution in [0.3, 0.4) is 0 Å². The van der Waals surface area contributed by atoms with Crippen LogP contribution in [0.1, 0.15) is 61.7 Å². The third kappa shape index (κ3) is 11.7. The average Bonchev–Trinajstić information content (AvgIpc) is 3.36. The molecule has 0 bridgehead atoms. The molecule has 0 saturated carbocycles. The third-order valence-corrected chi connectivity index (χ3v) is 12.3. The molecule has 1 aliphatic carbocycles. The van der Waals surface area contributed by atoms with Gasteiger partial charge in [0.05, 0.1) is 33.0 Å². The average molecular weight is 879 g/mol. The molecule has 7 aromatic carbocycles. The topological polar surface area (TPSA) is 64.6 Å². The normalized spacial score (nSPS) is 18.8. The molecular weight excluding hydrogens is 821 g/mol. The van der Waals surface area contributed by atoms with Gasteiger partial charge in [-0.25, -0.2) is 0 Å². The molecule has 1 heterocycles. The highest BCUT2D eigenvalue weighted by Crippen LogP contribution is 2.44. The lowest BCUT2D eigenvalue weighted by Gasteiger charge is -2.46. The Morgan fingerprint density at radius 2 is 0.985 bits per heavy atom. The Kier molecular flexibility index (Phi) is 15.4. The van der Waals surface area contributed by atoms with E-state index in [-0.39, 0.29) is 6.61 Å². The second kappa shape index (κ2) is 22.7. The Morgan fingerprint density at radius 1 is 0.470 bits per heavy atom.